The van der Waals surface area contributed by atoms with Crippen molar-refractivity contribution >= 4 is 9.84 Å². The summed E-state index contributed by atoms with van der Waals surface area (Å²) in [5.74, 6) is 0. The summed E-state index contributed by atoms with van der Waals surface area (Å²) in [6.07, 6.45) is 4.78. The van der Waals surface area contributed by atoms with E-state index in [0.29, 0.717) is 11.3 Å². The zero-order valence-electron chi connectivity index (χ0n) is 7.72. The number of sulfone groups is 1. The molecule has 0 atom stereocenters. The highest BCUT2D eigenvalue weighted by Crippen LogP contribution is 2.26. The van der Waals surface area contributed by atoms with Crippen molar-refractivity contribution in [3.05, 3.63) is 22.1 Å². The molecule has 0 aromatic heterocycles. The zero-order chi connectivity index (χ0) is 9.35. The summed E-state index contributed by atoms with van der Waals surface area (Å²) in [6, 6.07) is 0. The summed E-state index contributed by atoms with van der Waals surface area (Å²) in [4.78, 5) is 0.605. The highest BCUT2D eigenvalue weighted by molar-refractivity contribution is 7.94. The van der Waals surface area contributed by atoms with Crippen LogP contribution in [0.2, 0.25) is 0 Å². The Morgan fingerprint density at radius 3 is 2.25 bits per heavy atom. The van der Waals surface area contributed by atoms with Crippen LogP contribution in [0.3, 0.4) is 0 Å². The van der Waals surface area contributed by atoms with Crippen LogP contribution in [-0.4, -0.2) is 14.7 Å². The predicted octanol–water partition coefficient (Wildman–Crippen LogP) is 2.05. The van der Waals surface area contributed by atoms with E-state index >= 15 is 0 Å². The van der Waals surface area contributed by atoms with E-state index in [1.54, 1.807) is 0 Å². The summed E-state index contributed by atoms with van der Waals surface area (Å²) in [5.41, 5.74) is 2.17. The van der Waals surface area contributed by atoms with Crippen LogP contribution < -0.4 is 0 Å². The summed E-state index contributed by atoms with van der Waals surface area (Å²) >= 11 is 0. The molecule has 0 saturated heterocycles. The highest BCUT2D eigenvalue weighted by Gasteiger charge is 2.16. The molecule has 0 N–H and O–H groups in total. The normalized spacial score (nSPS) is 19.4. The van der Waals surface area contributed by atoms with Gasteiger partial charge in [-0.2, -0.15) is 0 Å². The Balaban J connectivity index is 3.16. The standard InChI is InChI=1S/C9H14O2S/c1-7-4-5-9(8(2)6-7)12(3,10)11/h6H,4-5H2,1-3H3. The van der Waals surface area contributed by atoms with E-state index in [2.05, 4.69) is 0 Å². The van der Waals surface area contributed by atoms with Crippen LogP contribution in [0.1, 0.15) is 26.7 Å². The monoisotopic (exact) mass is 186 g/mol. The fourth-order valence-corrected chi connectivity index (χ4v) is 2.62. The van der Waals surface area contributed by atoms with Crippen LogP contribution in [0, 0.1) is 0 Å². The fraction of sp³-hybridized carbons (Fsp3) is 0.556. The highest BCUT2D eigenvalue weighted by atomic mass is 32.2. The largest absolute Gasteiger partial charge is 0.224 e. The maximum Gasteiger partial charge on any atom is 0.171 e. The Morgan fingerprint density at radius 1 is 1.25 bits per heavy atom. The Labute approximate surface area is 73.9 Å². The first-order valence-corrected chi connectivity index (χ1v) is 5.87. The molecule has 3 heteroatoms. The number of hydrogen-bond acceptors (Lipinski definition) is 2. The first-order chi connectivity index (χ1) is 5.41. The molecule has 2 nitrogen and oxygen atoms in total. The maximum absolute atomic E-state index is 11.2. The third-order valence-corrected chi connectivity index (χ3v) is 3.52. The van der Waals surface area contributed by atoms with Gasteiger partial charge in [-0.05, 0) is 32.3 Å². The molecule has 0 aromatic carbocycles. The van der Waals surface area contributed by atoms with Crippen LogP contribution >= 0.6 is 0 Å². The van der Waals surface area contributed by atoms with Crippen molar-refractivity contribution < 1.29 is 8.42 Å². The third-order valence-electron chi connectivity index (χ3n) is 2.10. The van der Waals surface area contributed by atoms with Crippen molar-refractivity contribution in [2.75, 3.05) is 6.26 Å². The molecule has 0 aromatic rings. The Morgan fingerprint density at radius 2 is 1.83 bits per heavy atom. The molecule has 0 spiro atoms. The average molecular weight is 186 g/mol. The third kappa shape index (κ3) is 1.97. The predicted molar refractivity (Wildman–Crippen MR) is 50.5 cm³/mol. The van der Waals surface area contributed by atoms with Crippen molar-refractivity contribution in [3.8, 4) is 0 Å². The van der Waals surface area contributed by atoms with Gasteiger partial charge in [0, 0.05) is 11.2 Å². The van der Waals surface area contributed by atoms with E-state index in [9.17, 15) is 8.42 Å². The molecule has 1 rings (SSSR count). The molecule has 0 fully saturated rings. The Kier molecular flexibility index (Phi) is 2.42. The zero-order valence-corrected chi connectivity index (χ0v) is 8.53. The number of allylic oxidation sites excluding steroid dienone is 4. The molecule has 0 radical (unpaired) electrons. The van der Waals surface area contributed by atoms with Gasteiger partial charge in [-0.15, -0.1) is 0 Å². The van der Waals surface area contributed by atoms with Crippen molar-refractivity contribution in [2.24, 2.45) is 0 Å². The topological polar surface area (TPSA) is 34.1 Å². The molecule has 0 bridgehead atoms. The SMILES string of the molecule is CC1=CC(C)=C(S(C)(=O)=O)CC1. The molecule has 1 aliphatic rings. The van der Waals surface area contributed by atoms with Gasteiger partial charge in [-0.25, -0.2) is 8.42 Å². The Bertz CT molecular complexity index is 345. The summed E-state index contributed by atoms with van der Waals surface area (Å²) in [6.45, 7) is 3.89. The lowest BCUT2D eigenvalue weighted by molar-refractivity contribution is 0.604. The minimum Gasteiger partial charge on any atom is -0.224 e. The van der Waals surface area contributed by atoms with Crippen LogP contribution in [0.15, 0.2) is 22.1 Å². The van der Waals surface area contributed by atoms with Gasteiger partial charge in [0.1, 0.15) is 0 Å². The molecule has 0 amide bonds. The van der Waals surface area contributed by atoms with Gasteiger partial charge in [0.05, 0.1) is 0 Å². The summed E-state index contributed by atoms with van der Waals surface area (Å²) < 4.78 is 22.4. The van der Waals surface area contributed by atoms with E-state index in [1.807, 2.05) is 19.9 Å². The average Bonchev–Trinajstić information content (AvgIpc) is 1.83. The molecule has 1 aliphatic carbocycles. The molecular formula is C9H14O2S. The fourth-order valence-electron chi connectivity index (χ4n) is 1.51. The molecule has 0 unspecified atom stereocenters. The molecule has 0 heterocycles. The van der Waals surface area contributed by atoms with E-state index < -0.39 is 9.84 Å². The lowest BCUT2D eigenvalue weighted by Gasteiger charge is -2.14. The Hall–Kier alpha value is -0.570. The molecule has 12 heavy (non-hydrogen) atoms. The van der Waals surface area contributed by atoms with Crippen molar-refractivity contribution in [3.63, 3.8) is 0 Å². The van der Waals surface area contributed by atoms with Crippen molar-refractivity contribution in [1.82, 2.24) is 0 Å². The molecule has 0 aliphatic heterocycles. The van der Waals surface area contributed by atoms with Gasteiger partial charge in [0.25, 0.3) is 0 Å². The van der Waals surface area contributed by atoms with E-state index in [1.165, 1.54) is 11.8 Å². The smallest absolute Gasteiger partial charge is 0.171 e. The second-order valence-electron chi connectivity index (χ2n) is 3.37. The van der Waals surface area contributed by atoms with Gasteiger partial charge in [0.2, 0.25) is 0 Å². The number of rotatable bonds is 1. The van der Waals surface area contributed by atoms with Crippen molar-refractivity contribution in [2.45, 2.75) is 26.7 Å². The first kappa shape index (κ1) is 9.52. The minimum atomic E-state index is -2.96. The van der Waals surface area contributed by atoms with Gasteiger partial charge >= 0.3 is 0 Å². The van der Waals surface area contributed by atoms with Gasteiger partial charge < -0.3 is 0 Å². The van der Waals surface area contributed by atoms with E-state index in [4.69, 9.17) is 0 Å². The first-order valence-electron chi connectivity index (χ1n) is 3.98. The summed E-state index contributed by atoms with van der Waals surface area (Å²) in [5, 5.41) is 0. The molecular weight excluding hydrogens is 172 g/mol. The maximum atomic E-state index is 11.2. The van der Waals surface area contributed by atoms with Crippen LogP contribution in [0.25, 0.3) is 0 Å². The summed E-state index contributed by atoms with van der Waals surface area (Å²) in [7, 11) is -2.96. The molecule has 68 valence electrons. The van der Waals surface area contributed by atoms with Crippen molar-refractivity contribution in [1.29, 1.82) is 0 Å². The van der Waals surface area contributed by atoms with Crippen LogP contribution in [-0.2, 0) is 9.84 Å². The van der Waals surface area contributed by atoms with Gasteiger partial charge in [-0.1, -0.05) is 11.6 Å². The van der Waals surface area contributed by atoms with Gasteiger partial charge in [0.15, 0.2) is 9.84 Å². The molecule has 0 saturated carbocycles. The van der Waals surface area contributed by atoms with E-state index in [-0.39, 0.29) is 0 Å². The second-order valence-corrected chi connectivity index (χ2v) is 5.41. The quantitative estimate of drug-likeness (QED) is 0.628. The van der Waals surface area contributed by atoms with Gasteiger partial charge in [-0.3, -0.25) is 0 Å². The number of hydrogen-bond donors (Lipinski definition) is 0. The lowest BCUT2D eigenvalue weighted by Crippen LogP contribution is -2.06. The van der Waals surface area contributed by atoms with Crippen LogP contribution in [0.4, 0.5) is 0 Å². The lowest BCUT2D eigenvalue weighted by atomic mass is 10.0. The minimum absolute atomic E-state index is 0.605. The second kappa shape index (κ2) is 3.05. The van der Waals surface area contributed by atoms with Crippen LogP contribution in [0.5, 0.6) is 0 Å². The van der Waals surface area contributed by atoms with E-state index in [0.717, 1.165) is 12.0 Å².